The summed E-state index contributed by atoms with van der Waals surface area (Å²) in [6, 6.07) is 0.279. The molecule has 0 aromatic rings. The third kappa shape index (κ3) is 2.70. The fourth-order valence-corrected chi connectivity index (χ4v) is 1.44. The highest BCUT2D eigenvalue weighted by Gasteiger charge is 2.16. The second-order valence-electron chi connectivity index (χ2n) is 3.29. The molecule has 0 radical (unpaired) electrons. The second-order valence-corrected chi connectivity index (χ2v) is 3.29. The van der Waals surface area contributed by atoms with Gasteiger partial charge in [0.05, 0.1) is 0 Å². The van der Waals surface area contributed by atoms with Crippen molar-refractivity contribution >= 4 is 6.09 Å². The van der Waals surface area contributed by atoms with Crippen LogP contribution >= 0.6 is 0 Å². The van der Waals surface area contributed by atoms with Crippen molar-refractivity contribution in [2.45, 2.75) is 25.8 Å². The predicted molar refractivity (Wildman–Crippen MR) is 46.3 cm³/mol. The summed E-state index contributed by atoms with van der Waals surface area (Å²) >= 11 is 0. The molecule has 1 aliphatic rings. The van der Waals surface area contributed by atoms with E-state index in [-0.39, 0.29) is 6.04 Å². The lowest BCUT2D eigenvalue weighted by Crippen LogP contribution is -2.44. The van der Waals surface area contributed by atoms with E-state index in [0.717, 1.165) is 19.4 Å². The number of hydrogen-bond donors (Lipinski definition) is 2. The van der Waals surface area contributed by atoms with Gasteiger partial charge in [0.2, 0.25) is 0 Å². The highest BCUT2D eigenvalue weighted by Crippen LogP contribution is 2.01. The molecule has 1 heterocycles. The van der Waals surface area contributed by atoms with Gasteiger partial charge in [-0.2, -0.15) is 0 Å². The number of carbonyl (C=O) groups is 1. The van der Waals surface area contributed by atoms with Crippen molar-refractivity contribution in [2.24, 2.45) is 0 Å². The molecule has 70 valence electrons. The summed E-state index contributed by atoms with van der Waals surface area (Å²) in [5.41, 5.74) is 0. The summed E-state index contributed by atoms with van der Waals surface area (Å²) in [6.45, 7) is 4.31. The zero-order chi connectivity index (χ0) is 8.97. The average Bonchev–Trinajstić information content (AvgIpc) is 1.95. The van der Waals surface area contributed by atoms with Gasteiger partial charge in [0.15, 0.2) is 0 Å². The molecule has 12 heavy (non-hydrogen) atoms. The summed E-state index contributed by atoms with van der Waals surface area (Å²) in [7, 11) is 0. The van der Waals surface area contributed by atoms with Crippen LogP contribution in [0.2, 0.25) is 0 Å². The molecule has 2 N–H and O–H groups in total. The summed E-state index contributed by atoms with van der Waals surface area (Å²) in [5.74, 6) is 0. The Hall–Kier alpha value is -0.770. The largest absolute Gasteiger partial charge is 0.465 e. The number of nitrogens with zero attached hydrogens (tertiary/aromatic N) is 1. The molecule has 4 heteroatoms. The Morgan fingerprint density at radius 3 is 3.00 bits per heavy atom. The van der Waals surface area contributed by atoms with Gasteiger partial charge in [0, 0.05) is 19.1 Å². The summed E-state index contributed by atoms with van der Waals surface area (Å²) in [6.07, 6.45) is 1.23. The molecule has 4 nitrogen and oxygen atoms in total. The van der Waals surface area contributed by atoms with Gasteiger partial charge in [-0.05, 0) is 26.3 Å². The van der Waals surface area contributed by atoms with Crippen molar-refractivity contribution in [1.82, 2.24) is 10.2 Å². The van der Waals surface area contributed by atoms with Crippen molar-refractivity contribution in [3.05, 3.63) is 0 Å². The summed E-state index contributed by atoms with van der Waals surface area (Å²) < 4.78 is 0. The van der Waals surface area contributed by atoms with Crippen LogP contribution in [0.1, 0.15) is 19.8 Å². The highest BCUT2D eigenvalue weighted by molar-refractivity contribution is 5.64. The van der Waals surface area contributed by atoms with E-state index < -0.39 is 6.09 Å². The topological polar surface area (TPSA) is 52.6 Å². The molecule has 1 atom stereocenters. The zero-order valence-corrected chi connectivity index (χ0v) is 7.42. The molecule has 1 unspecified atom stereocenters. The number of nitrogens with one attached hydrogen (secondary N) is 1. The Kier molecular flexibility index (Phi) is 3.34. The van der Waals surface area contributed by atoms with Gasteiger partial charge in [-0.15, -0.1) is 0 Å². The number of carboxylic acid groups (broad SMARTS) is 1. The number of hydrogen-bond acceptors (Lipinski definition) is 2. The average molecular weight is 172 g/mol. The monoisotopic (exact) mass is 172 g/mol. The Balaban J connectivity index is 2.43. The van der Waals surface area contributed by atoms with Gasteiger partial charge in [0.25, 0.3) is 0 Å². The van der Waals surface area contributed by atoms with E-state index >= 15 is 0 Å². The van der Waals surface area contributed by atoms with Crippen LogP contribution in [0.15, 0.2) is 0 Å². The van der Waals surface area contributed by atoms with E-state index in [1.165, 1.54) is 4.90 Å². The van der Waals surface area contributed by atoms with Crippen molar-refractivity contribution < 1.29 is 9.90 Å². The Morgan fingerprint density at radius 1 is 1.58 bits per heavy atom. The van der Waals surface area contributed by atoms with Crippen molar-refractivity contribution in [1.29, 1.82) is 0 Å². The van der Waals surface area contributed by atoms with Gasteiger partial charge < -0.3 is 15.3 Å². The maximum Gasteiger partial charge on any atom is 0.407 e. The maximum absolute atomic E-state index is 10.7. The van der Waals surface area contributed by atoms with E-state index in [2.05, 4.69) is 5.32 Å². The molecule has 0 bridgehead atoms. The maximum atomic E-state index is 10.7. The van der Waals surface area contributed by atoms with Crippen LogP contribution in [0, 0.1) is 0 Å². The summed E-state index contributed by atoms with van der Waals surface area (Å²) in [5, 5.41) is 12.0. The van der Waals surface area contributed by atoms with Crippen LogP contribution in [0.25, 0.3) is 0 Å². The third-order valence-corrected chi connectivity index (χ3v) is 2.11. The molecule has 1 saturated heterocycles. The first-order valence-corrected chi connectivity index (χ1v) is 4.41. The lowest BCUT2D eigenvalue weighted by Gasteiger charge is -2.26. The van der Waals surface area contributed by atoms with Crippen LogP contribution in [0.5, 0.6) is 0 Å². The van der Waals surface area contributed by atoms with E-state index in [9.17, 15) is 4.79 Å². The fraction of sp³-hybridized carbons (Fsp3) is 0.875. The molecule has 0 aromatic heterocycles. The quantitative estimate of drug-likeness (QED) is 0.566. The van der Waals surface area contributed by atoms with Crippen LogP contribution in [0.3, 0.4) is 0 Å². The first-order chi connectivity index (χ1) is 5.70. The molecule has 0 saturated carbocycles. The van der Waals surface area contributed by atoms with Crippen LogP contribution in [0.4, 0.5) is 4.79 Å². The van der Waals surface area contributed by atoms with E-state index in [4.69, 9.17) is 5.11 Å². The summed E-state index contributed by atoms with van der Waals surface area (Å²) in [4.78, 5) is 12.1. The molecular formula is C8H16N2O2. The normalized spacial score (nSPS) is 26.1. The standard InChI is InChI=1S/C8H16N2O2/c1-7-6-10(8(11)12)5-3-2-4-9-7/h7,9H,2-6H2,1H3,(H,11,12). The van der Waals surface area contributed by atoms with Crippen LogP contribution < -0.4 is 5.32 Å². The fourth-order valence-electron chi connectivity index (χ4n) is 1.44. The van der Waals surface area contributed by atoms with Crippen molar-refractivity contribution in [3.8, 4) is 0 Å². The first-order valence-electron chi connectivity index (χ1n) is 4.41. The zero-order valence-electron chi connectivity index (χ0n) is 7.42. The minimum absolute atomic E-state index is 0.279. The predicted octanol–water partition coefficient (Wildman–Crippen LogP) is 0.738. The molecule has 1 aliphatic heterocycles. The molecule has 0 aromatic carbocycles. The lowest BCUT2D eigenvalue weighted by molar-refractivity contribution is 0.136. The van der Waals surface area contributed by atoms with E-state index in [0.29, 0.717) is 13.1 Å². The van der Waals surface area contributed by atoms with Crippen LogP contribution in [-0.2, 0) is 0 Å². The molecule has 0 aliphatic carbocycles. The van der Waals surface area contributed by atoms with Gasteiger partial charge >= 0.3 is 6.09 Å². The minimum Gasteiger partial charge on any atom is -0.465 e. The lowest BCUT2D eigenvalue weighted by atomic mass is 10.2. The smallest absolute Gasteiger partial charge is 0.407 e. The Morgan fingerprint density at radius 2 is 2.33 bits per heavy atom. The molecule has 0 spiro atoms. The van der Waals surface area contributed by atoms with Gasteiger partial charge in [-0.3, -0.25) is 0 Å². The molecule has 1 amide bonds. The number of rotatable bonds is 0. The van der Waals surface area contributed by atoms with Gasteiger partial charge in [-0.1, -0.05) is 0 Å². The Labute approximate surface area is 72.6 Å². The van der Waals surface area contributed by atoms with E-state index in [1.807, 2.05) is 6.92 Å². The van der Waals surface area contributed by atoms with Gasteiger partial charge in [-0.25, -0.2) is 4.79 Å². The molecule has 1 rings (SSSR count). The van der Waals surface area contributed by atoms with E-state index in [1.54, 1.807) is 0 Å². The van der Waals surface area contributed by atoms with Gasteiger partial charge in [0.1, 0.15) is 0 Å². The van der Waals surface area contributed by atoms with Crippen LogP contribution in [-0.4, -0.2) is 41.8 Å². The SMILES string of the molecule is CC1CN(C(=O)O)CCCCN1. The first kappa shape index (κ1) is 9.32. The van der Waals surface area contributed by atoms with Crippen molar-refractivity contribution in [3.63, 3.8) is 0 Å². The minimum atomic E-state index is -0.800. The molecule has 1 fully saturated rings. The second kappa shape index (κ2) is 4.30. The number of amides is 1. The molecular weight excluding hydrogens is 156 g/mol. The highest BCUT2D eigenvalue weighted by atomic mass is 16.4. The Bertz CT molecular complexity index is 161. The van der Waals surface area contributed by atoms with Crippen molar-refractivity contribution in [2.75, 3.05) is 19.6 Å². The third-order valence-electron chi connectivity index (χ3n) is 2.11.